The van der Waals surface area contributed by atoms with Crippen molar-refractivity contribution in [2.45, 2.75) is 12.2 Å². The fraction of sp³-hybridized carbons (Fsp3) is 0.333. The molecule has 1 unspecified atom stereocenters. The molecule has 1 aromatic carbocycles. The van der Waals surface area contributed by atoms with Crippen LogP contribution in [0.15, 0.2) is 36.8 Å². The topological polar surface area (TPSA) is 38.2 Å². The number of hydrogen-bond donors (Lipinski definition) is 0. The molecule has 3 rings (SSSR count). The number of anilines is 1. The SMILES string of the molecule is Fc1cncnc1N1CCOCC1c1ccc(C(F)(F)F)cc1. The first kappa shape index (κ1) is 15.7. The molecule has 0 saturated carbocycles. The van der Waals surface area contributed by atoms with Crippen molar-refractivity contribution in [1.29, 1.82) is 0 Å². The molecule has 0 radical (unpaired) electrons. The van der Waals surface area contributed by atoms with E-state index in [1.54, 1.807) is 4.90 Å². The Hall–Kier alpha value is -2.22. The highest BCUT2D eigenvalue weighted by molar-refractivity contribution is 5.43. The Labute approximate surface area is 129 Å². The van der Waals surface area contributed by atoms with Crippen LogP contribution in [0.4, 0.5) is 23.4 Å². The second-order valence-electron chi connectivity index (χ2n) is 5.10. The van der Waals surface area contributed by atoms with Crippen molar-refractivity contribution in [1.82, 2.24) is 9.97 Å². The van der Waals surface area contributed by atoms with Gasteiger partial charge >= 0.3 is 6.18 Å². The van der Waals surface area contributed by atoms with Crippen LogP contribution >= 0.6 is 0 Å². The third-order valence-electron chi connectivity index (χ3n) is 3.67. The number of alkyl halides is 3. The Kier molecular flexibility index (Phi) is 4.16. The average molecular weight is 327 g/mol. The molecule has 0 aliphatic carbocycles. The molecule has 2 aromatic rings. The second-order valence-corrected chi connectivity index (χ2v) is 5.10. The lowest BCUT2D eigenvalue weighted by atomic mass is 10.0. The lowest BCUT2D eigenvalue weighted by Crippen LogP contribution is -2.40. The van der Waals surface area contributed by atoms with E-state index in [4.69, 9.17) is 4.74 Å². The Morgan fingerprint density at radius 1 is 1.17 bits per heavy atom. The molecule has 0 bridgehead atoms. The van der Waals surface area contributed by atoms with Gasteiger partial charge in [-0.15, -0.1) is 0 Å². The summed E-state index contributed by atoms with van der Waals surface area (Å²) in [5.41, 5.74) is -0.117. The van der Waals surface area contributed by atoms with Crippen LogP contribution in [0.3, 0.4) is 0 Å². The number of morpholine rings is 1. The molecular formula is C15H13F4N3O. The Morgan fingerprint density at radius 3 is 2.57 bits per heavy atom. The van der Waals surface area contributed by atoms with E-state index < -0.39 is 23.6 Å². The number of nitrogens with zero attached hydrogens (tertiary/aromatic N) is 3. The molecule has 1 aromatic heterocycles. The molecule has 0 N–H and O–H groups in total. The van der Waals surface area contributed by atoms with Crippen LogP contribution in [-0.2, 0) is 10.9 Å². The van der Waals surface area contributed by atoms with Crippen LogP contribution in [0.2, 0.25) is 0 Å². The smallest absolute Gasteiger partial charge is 0.377 e. The molecule has 23 heavy (non-hydrogen) atoms. The van der Waals surface area contributed by atoms with Crippen molar-refractivity contribution in [2.75, 3.05) is 24.7 Å². The highest BCUT2D eigenvalue weighted by atomic mass is 19.4. The molecule has 1 aliphatic rings. The summed E-state index contributed by atoms with van der Waals surface area (Å²) in [6.07, 6.45) is -2.10. The van der Waals surface area contributed by atoms with Crippen LogP contribution in [0.1, 0.15) is 17.2 Å². The minimum absolute atomic E-state index is 0.119. The Bertz CT molecular complexity index is 675. The first-order valence-electron chi connectivity index (χ1n) is 6.94. The number of rotatable bonds is 2. The van der Waals surface area contributed by atoms with Gasteiger partial charge < -0.3 is 9.64 Å². The predicted molar refractivity (Wildman–Crippen MR) is 74.3 cm³/mol. The zero-order valence-corrected chi connectivity index (χ0v) is 11.9. The van der Waals surface area contributed by atoms with Gasteiger partial charge in [0.25, 0.3) is 0 Å². The minimum atomic E-state index is -4.39. The number of aromatic nitrogens is 2. The van der Waals surface area contributed by atoms with Gasteiger partial charge in [-0.05, 0) is 17.7 Å². The largest absolute Gasteiger partial charge is 0.416 e. The van der Waals surface area contributed by atoms with Gasteiger partial charge in [-0.3, -0.25) is 0 Å². The molecule has 1 aliphatic heterocycles. The highest BCUT2D eigenvalue weighted by Gasteiger charge is 2.32. The van der Waals surface area contributed by atoms with Crippen LogP contribution in [0.25, 0.3) is 0 Å². The lowest BCUT2D eigenvalue weighted by Gasteiger charge is -2.36. The normalized spacial score (nSPS) is 19.0. The summed E-state index contributed by atoms with van der Waals surface area (Å²) >= 11 is 0. The monoisotopic (exact) mass is 327 g/mol. The second kappa shape index (κ2) is 6.11. The minimum Gasteiger partial charge on any atom is -0.377 e. The summed E-state index contributed by atoms with van der Waals surface area (Å²) in [7, 11) is 0. The molecule has 0 amide bonds. The summed E-state index contributed by atoms with van der Waals surface area (Å²) in [6, 6.07) is 4.38. The molecule has 4 nitrogen and oxygen atoms in total. The average Bonchev–Trinajstić information content (AvgIpc) is 2.55. The van der Waals surface area contributed by atoms with Gasteiger partial charge in [0.2, 0.25) is 0 Å². The van der Waals surface area contributed by atoms with E-state index in [9.17, 15) is 17.6 Å². The van der Waals surface area contributed by atoms with E-state index in [1.165, 1.54) is 18.5 Å². The summed E-state index contributed by atoms with van der Waals surface area (Å²) in [4.78, 5) is 9.23. The van der Waals surface area contributed by atoms with Crippen LogP contribution < -0.4 is 4.90 Å². The third-order valence-corrected chi connectivity index (χ3v) is 3.67. The number of halogens is 4. The summed E-state index contributed by atoms with van der Waals surface area (Å²) < 4.78 is 57.3. The first-order chi connectivity index (χ1) is 11.0. The van der Waals surface area contributed by atoms with E-state index in [0.29, 0.717) is 18.7 Å². The van der Waals surface area contributed by atoms with Gasteiger partial charge in [0, 0.05) is 6.54 Å². The van der Waals surface area contributed by atoms with Crippen molar-refractivity contribution in [3.63, 3.8) is 0 Å². The van der Waals surface area contributed by atoms with E-state index in [1.807, 2.05) is 0 Å². The molecule has 0 spiro atoms. The Morgan fingerprint density at radius 2 is 1.91 bits per heavy atom. The molecule has 1 fully saturated rings. The zero-order chi connectivity index (χ0) is 16.4. The van der Waals surface area contributed by atoms with Crippen molar-refractivity contribution in [3.8, 4) is 0 Å². The number of benzene rings is 1. The van der Waals surface area contributed by atoms with Crippen LogP contribution in [0, 0.1) is 5.82 Å². The molecule has 1 saturated heterocycles. The highest BCUT2D eigenvalue weighted by Crippen LogP contribution is 2.33. The van der Waals surface area contributed by atoms with Crippen LogP contribution in [0.5, 0.6) is 0 Å². The zero-order valence-electron chi connectivity index (χ0n) is 11.9. The van der Waals surface area contributed by atoms with Gasteiger partial charge in [0.05, 0.1) is 31.0 Å². The number of hydrogen-bond acceptors (Lipinski definition) is 4. The molecular weight excluding hydrogens is 314 g/mol. The standard InChI is InChI=1S/C15H13F4N3O/c16-12-7-20-9-21-14(12)22-5-6-23-8-13(22)10-1-3-11(4-2-10)15(17,18)19/h1-4,7,9,13H,5-6,8H2. The lowest BCUT2D eigenvalue weighted by molar-refractivity contribution is -0.137. The summed E-state index contributed by atoms with van der Waals surface area (Å²) in [5, 5.41) is 0. The van der Waals surface area contributed by atoms with Gasteiger partial charge in [-0.25, -0.2) is 14.4 Å². The third kappa shape index (κ3) is 3.26. The maximum absolute atomic E-state index is 13.9. The van der Waals surface area contributed by atoms with E-state index in [-0.39, 0.29) is 12.4 Å². The van der Waals surface area contributed by atoms with Crippen molar-refractivity contribution in [2.24, 2.45) is 0 Å². The van der Waals surface area contributed by atoms with Gasteiger partial charge in [-0.2, -0.15) is 13.2 Å². The van der Waals surface area contributed by atoms with E-state index >= 15 is 0 Å². The predicted octanol–water partition coefficient (Wildman–Crippen LogP) is 3.21. The Balaban J connectivity index is 1.91. The van der Waals surface area contributed by atoms with Crippen molar-refractivity contribution in [3.05, 3.63) is 53.7 Å². The number of ether oxygens (including phenoxy) is 1. The van der Waals surface area contributed by atoms with Crippen molar-refractivity contribution < 1.29 is 22.3 Å². The van der Waals surface area contributed by atoms with E-state index in [2.05, 4.69) is 9.97 Å². The molecule has 1 atom stereocenters. The fourth-order valence-electron chi connectivity index (χ4n) is 2.55. The molecule has 8 heteroatoms. The molecule has 2 heterocycles. The van der Waals surface area contributed by atoms with Gasteiger partial charge in [0.1, 0.15) is 6.33 Å². The summed E-state index contributed by atoms with van der Waals surface area (Å²) in [6.45, 7) is 1.02. The van der Waals surface area contributed by atoms with E-state index in [0.717, 1.165) is 18.3 Å². The van der Waals surface area contributed by atoms with Crippen molar-refractivity contribution >= 4 is 5.82 Å². The van der Waals surface area contributed by atoms with Gasteiger partial charge in [-0.1, -0.05) is 12.1 Å². The van der Waals surface area contributed by atoms with Gasteiger partial charge in [0.15, 0.2) is 11.6 Å². The fourth-order valence-corrected chi connectivity index (χ4v) is 2.55. The maximum Gasteiger partial charge on any atom is 0.416 e. The maximum atomic E-state index is 13.9. The molecule has 122 valence electrons. The van der Waals surface area contributed by atoms with Crippen LogP contribution in [-0.4, -0.2) is 29.7 Å². The quantitative estimate of drug-likeness (QED) is 0.794. The summed E-state index contributed by atoms with van der Waals surface area (Å²) in [5.74, 6) is -0.459. The first-order valence-corrected chi connectivity index (χ1v) is 6.94.